The van der Waals surface area contributed by atoms with Crippen molar-refractivity contribution in [1.82, 2.24) is 0 Å². The minimum Gasteiger partial charge on any atom is -0.426 e. The van der Waals surface area contributed by atoms with Gasteiger partial charge in [0.05, 0.1) is 5.41 Å². The molecule has 0 aliphatic carbocycles. The van der Waals surface area contributed by atoms with E-state index < -0.39 is 0 Å². The number of esters is 1. The van der Waals surface area contributed by atoms with Crippen molar-refractivity contribution >= 4 is 5.97 Å². The summed E-state index contributed by atoms with van der Waals surface area (Å²) in [4.78, 5) is 12.7. The van der Waals surface area contributed by atoms with Crippen LogP contribution in [0.15, 0.2) is 30.3 Å². The highest BCUT2D eigenvalue weighted by atomic mass is 16.5. The van der Waals surface area contributed by atoms with Gasteiger partial charge < -0.3 is 4.74 Å². The largest absolute Gasteiger partial charge is 0.426 e. The lowest BCUT2D eigenvalue weighted by molar-refractivity contribution is -0.147. The summed E-state index contributed by atoms with van der Waals surface area (Å²) in [5.74, 6) is 0.603. The van der Waals surface area contributed by atoms with Crippen molar-refractivity contribution in [3.63, 3.8) is 0 Å². The number of carbonyl (C=O) groups is 1. The highest BCUT2D eigenvalue weighted by Crippen LogP contribution is 2.35. The van der Waals surface area contributed by atoms with Gasteiger partial charge >= 0.3 is 5.97 Å². The molecule has 0 amide bonds. The maximum absolute atomic E-state index is 12.7. The molecule has 2 heteroatoms. The van der Waals surface area contributed by atoms with Crippen LogP contribution in [0, 0.1) is 5.41 Å². The lowest BCUT2D eigenvalue weighted by Crippen LogP contribution is -2.34. The maximum Gasteiger partial charge on any atom is 0.317 e. The number of para-hydroxylation sites is 1. The Hall–Kier alpha value is -1.31. The van der Waals surface area contributed by atoms with Crippen LogP contribution in [0.5, 0.6) is 5.75 Å². The van der Waals surface area contributed by atoms with E-state index in [0.717, 1.165) is 25.7 Å². The van der Waals surface area contributed by atoms with Crippen LogP contribution in [-0.2, 0) is 4.79 Å². The standard InChI is InChI=1S/C22H36O2/c1-4-7-8-9-10-11-12-16-19-22(5-2,6-3)21(23)24-20-17-14-13-15-18-20/h13-15,17-18H,4-12,16,19H2,1-3H3. The molecule has 1 aromatic carbocycles. The fourth-order valence-corrected chi connectivity index (χ4v) is 3.30. The summed E-state index contributed by atoms with van der Waals surface area (Å²) in [5, 5.41) is 0. The molecule has 0 aliphatic rings. The minimum absolute atomic E-state index is 0.0540. The molecule has 0 saturated carbocycles. The molecular formula is C22H36O2. The molecule has 0 bridgehead atoms. The van der Waals surface area contributed by atoms with Crippen LogP contribution in [0.25, 0.3) is 0 Å². The van der Waals surface area contributed by atoms with Crippen molar-refractivity contribution in [3.8, 4) is 5.75 Å². The molecule has 0 N–H and O–H groups in total. The molecule has 1 rings (SSSR count). The lowest BCUT2D eigenvalue weighted by atomic mass is 9.77. The van der Waals surface area contributed by atoms with Crippen molar-refractivity contribution in [2.75, 3.05) is 0 Å². The van der Waals surface area contributed by atoms with Gasteiger partial charge in [-0.2, -0.15) is 0 Å². The van der Waals surface area contributed by atoms with E-state index >= 15 is 0 Å². The fourth-order valence-electron chi connectivity index (χ4n) is 3.30. The highest BCUT2D eigenvalue weighted by molar-refractivity contribution is 5.79. The molecule has 0 aliphatic heterocycles. The smallest absolute Gasteiger partial charge is 0.317 e. The van der Waals surface area contributed by atoms with Crippen LogP contribution in [-0.4, -0.2) is 5.97 Å². The summed E-state index contributed by atoms with van der Waals surface area (Å²) >= 11 is 0. The number of ether oxygens (including phenoxy) is 1. The van der Waals surface area contributed by atoms with E-state index in [1.54, 1.807) is 0 Å². The molecule has 2 nitrogen and oxygen atoms in total. The molecule has 0 unspecified atom stereocenters. The van der Waals surface area contributed by atoms with E-state index in [2.05, 4.69) is 20.8 Å². The quantitative estimate of drug-likeness (QED) is 0.222. The first-order valence-corrected chi connectivity index (χ1v) is 9.96. The molecule has 0 spiro atoms. The van der Waals surface area contributed by atoms with E-state index in [4.69, 9.17) is 4.74 Å². The Bertz CT molecular complexity index is 435. The third-order valence-corrected chi connectivity index (χ3v) is 5.25. The highest BCUT2D eigenvalue weighted by Gasteiger charge is 2.36. The van der Waals surface area contributed by atoms with Crippen LogP contribution in [0.3, 0.4) is 0 Å². The van der Waals surface area contributed by atoms with Crippen LogP contribution < -0.4 is 4.74 Å². The van der Waals surface area contributed by atoms with Gasteiger partial charge in [0, 0.05) is 0 Å². The summed E-state index contributed by atoms with van der Waals surface area (Å²) in [5.41, 5.74) is -0.321. The van der Waals surface area contributed by atoms with Gasteiger partial charge in [-0.3, -0.25) is 4.79 Å². The molecule has 0 saturated heterocycles. The Morgan fingerprint density at radius 2 is 1.38 bits per heavy atom. The summed E-state index contributed by atoms with van der Waals surface area (Å²) in [6.07, 6.45) is 13.0. The number of benzene rings is 1. The Morgan fingerprint density at radius 3 is 1.92 bits per heavy atom. The Kier molecular flexibility index (Phi) is 10.5. The SMILES string of the molecule is CCCCCCCCCCC(CC)(CC)C(=O)Oc1ccccc1. The first kappa shape index (κ1) is 20.7. The van der Waals surface area contributed by atoms with Crippen LogP contribution in [0.2, 0.25) is 0 Å². The van der Waals surface area contributed by atoms with Crippen LogP contribution in [0.1, 0.15) is 91.4 Å². The maximum atomic E-state index is 12.7. The van der Waals surface area contributed by atoms with Gasteiger partial charge in [0.25, 0.3) is 0 Å². The topological polar surface area (TPSA) is 26.3 Å². The van der Waals surface area contributed by atoms with Crippen molar-refractivity contribution in [1.29, 1.82) is 0 Å². The Balaban J connectivity index is 2.39. The van der Waals surface area contributed by atoms with E-state index in [1.807, 2.05) is 30.3 Å². The predicted octanol–water partition coefficient (Wildman–Crippen LogP) is 6.93. The molecule has 0 heterocycles. The van der Waals surface area contributed by atoms with Crippen molar-refractivity contribution in [2.45, 2.75) is 91.4 Å². The predicted molar refractivity (Wildman–Crippen MR) is 102 cm³/mol. The molecule has 1 aromatic rings. The number of rotatable bonds is 13. The van der Waals surface area contributed by atoms with Crippen molar-refractivity contribution < 1.29 is 9.53 Å². The van der Waals surface area contributed by atoms with Gasteiger partial charge in [0.15, 0.2) is 0 Å². The molecule has 136 valence electrons. The van der Waals surface area contributed by atoms with E-state index in [9.17, 15) is 4.79 Å². The molecule has 0 fully saturated rings. The first-order valence-electron chi connectivity index (χ1n) is 9.96. The van der Waals surface area contributed by atoms with Gasteiger partial charge in [0.2, 0.25) is 0 Å². The zero-order valence-corrected chi connectivity index (χ0v) is 16.0. The van der Waals surface area contributed by atoms with Crippen molar-refractivity contribution in [2.24, 2.45) is 5.41 Å². The van der Waals surface area contributed by atoms with Crippen molar-refractivity contribution in [3.05, 3.63) is 30.3 Å². The number of hydrogen-bond acceptors (Lipinski definition) is 2. The van der Waals surface area contributed by atoms with E-state index in [0.29, 0.717) is 5.75 Å². The molecular weight excluding hydrogens is 296 g/mol. The van der Waals surface area contributed by atoms with Gasteiger partial charge in [-0.1, -0.05) is 90.3 Å². The van der Waals surface area contributed by atoms with E-state index in [-0.39, 0.29) is 11.4 Å². The summed E-state index contributed by atoms with van der Waals surface area (Å²) in [7, 11) is 0. The Morgan fingerprint density at radius 1 is 0.833 bits per heavy atom. The van der Waals surface area contributed by atoms with Gasteiger partial charge in [-0.15, -0.1) is 0 Å². The third kappa shape index (κ3) is 7.07. The van der Waals surface area contributed by atoms with Crippen LogP contribution >= 0.6 is 0 Å². The molecule has 0 atom stereocenters. The summed E-state index contributed by atoms with van der Waals surface area (Å²) in [6, 6.07) is 9.45. The summed E-state index contributed by atoms with van der Waals surface area (Å²) in [6.45, 7) is 6.48. The summed E-state index contributed by atoms with van der Waals surface area (Å²) < 4.78 is 5.65. The number of unbranched alkanes of at least 4 members (excludes halogenated alkanes) is 7. The van der Waals surface area contributed by atoms with E-state index in [1.165, 1.54) is 44.9 Å². The monoisotopic (exact) mass is 332 g/mol. The third-order valence-electron chi connectivity index (χ3n) is 5.25. The van der Waals surface area contributed by atoms with Crippen LogP contribution in [0.4, 0.5) is 0 Å². The van der Waals surface area contributed by atoms with Gasteiger partial charge in [-0.05, 0) is 31.4 Å². The lowest BCUT2D eigenvalue weighted by Gasteiger charge is -2.29. The Labute approximate surface area is 149 Å². The second kappa shape index (κ2) is 12.1. The molecule has 24 heavy (non-hydrogen) atoms. The second-order valence-electron chi connectivity index (χ2n) is 6.91. The number of hydrogen-bond donors (Lipinski definition) is 0. The van der Waals surface area contributed by atoms with Gasteiger partial charge in [0.1, 0.15) is 5.75 Å². The second-order valence-corrected chi connectivity index (χ2v) is 6.91. The van der Waals surface area contributed by atoms with Gasteiger partial charge in [-0.25, -0.2) is 0 Å². The minimum atomic E-state index is -0.321. The zero-order chi connectivity index (χ0) is 17.7. The fraction of sp³-hybridized carbons (Fsp3) is 0.682. The average Bonchev–Trinajstić information content (AvgIpc) is 2.62. The number of carbonyl (C=O) groups excluding carboxylic acids is 1. The zero-order valence-electron chi connectivity index (χ0n) is 16.0. The first-order chi connectivity index (χ1) is 11.7. The molecule has 0 radical (unpaired) electrons. The normalized spacial score (nSPS) is 11.5. The molecule has 0 aromatic heterocycles. The average molecular weight is 333 g/mol.